The monoisotopic (exact) mass is 215 g/mol. The Morgan fingerprint density at radius 3 is 2.40 bits per heavy atom. The van der Waals surface area contributed by atoms with Gasteiger partial charge in [0.15, 0.2) is 6.10 Å². The topological polar surface area (TPSA) is 58.6 Å². The molecule has 0 heterocycles. The Morgan fingerprint density at radius 2 is 2.07 bits per heavy atom. The highest BCUT2D eigenvalue weighted by Gasteiger charge is 2.26. The number of aliphatic hydroxyl groups excluding tert-OH is 1. The molecule has 0 rings (SSSR count). The van der Waals surface area contributed by atoms with E-state index >= 15 is 0 Å². The molecule has 0 aliphatic heterocycles. The van der Waals surface area contributed by atoms with Gasteiger partial charge in [0.1, 0.15) is 0 Å². The molecule has 0 unspecified atom stereocenters. The molecular weight excluding hydrogens is 194 g/mol. The van der Waals surface area contributed by atoms with Gasteiger partial charge >= 0.3 is 0 Å². The summed E-state index contributed by atoms with van der Waals surface area (Å²) in [5.74, 6) is -0.405. The van der Waals surface area contributed by atoms with Gasteiger partial charge in [0.05, 0.1) is 6.10 Å². The molecule has 4 heteroatoms. The van der Waals surface area contributed by atoms with Gasteiger partial charge < -0.3 is 15.2 Å². The summed E-state index contributed by atoms with van der Waals surface area (Å²) < 4.78 is 5.05. The molecule has 2 atom stereocenters. The van der Waals surface area contributed by atoms with Gasteiger partial charge in [-0.05, 0) is 27.2 Å². The highest BCUT2D eigenvalue weighted by Crippen LogP contribution is 2.10. The van der Waals surface area contributed by atoms with E-state index in [9.17, 15) is 9.90 Å². The van der Waals surface area contributed by atoms with Crippen LogP contribution in [0.25, 0.3) is 0 Å². The highest BCUT2D eigenvalue weighted by molar-refractivity contribution is 5.81. The molecule has 2 N–H and O–H groups in total. The average molecular weight is 215 g/mol. The summed E-state index contributed by atoms with van der Waals surface area (Å²) in [6, 6.07) is 0.00878. The lowest BCUT2D eigenvalue weighted by Gasteiger charge is -2.22. The molecule has 0 saturated carbocycles. The van der Waals surface area contributed by atoms with Gasteiger partial charge in [0, 0.05) is 13.2 Å². The van der Waals surface area contributed by atoms with Crippen molar-refractivity contribution in [2.45, 2.75) is 45.4 Å². The molecule has 88 valence electrons. The fourth-order valence-corrected chi connectivity index (χ4v) is 1.21. The first kappa shape index (κ1) is 14.1. The van der Waals surface area contributed by atoms with Crippen LogP contribution in [0.2, 0.25) is 0 Å². The van der Waals surface area contributed by atoms with E-state index in [0.717, 1.165) is 5.57 Å². The van der Waals surface area contributed by atoms with Crippen molar-refractivity contribution < 1.29 is 14.6 Å². The molecule has 0 bridgehead atoms. The fraction of sp³-hybridized carbons (Fsp3) is 0.727. The third kappa shape index (κ3) is 5.54. The van der Waals surface area contributed by atoms with E-state index in [-0.39, 0.29) is 6.04 Å². The van der Waals surface area contributed by atoms with Crippen molar-refractivity contribution in [3.63, 3.8) is 0 Å². The molecule has 1 amide bonds. The maximum Gasteiger partial charge on any atom is 0.251 e. The van der Waals surface area contributed by atoms with E-state index in [2.05, 4.69) is 11.9 Å². The van der Waals surface area contributed by atoms with Gasteiger partial charge in [-0.15, -0.1) is 6.58 Å². The Kier molecular flexibility index (Phi) is 6.20. The van der Waals surface area contributed by atoms with Gasteiger partial charge in [-0.1, -0.05) is 5.57 Å². The molecule has 0 aromatic heterocycles. The van der Waals surface area contributed by atoms with Gasteiger partial charge in [0.2, 0.25) is 0 Å². The lowest BCUT2D eigenvalue weighted by atomic mass is 10.1. The maximum absolute atomic E-state index is 11.5. The van der Waals surface area contributed by atoms with Gasteiger partial charge in [-0.2, -0.15) is 0 Å². The second-order valence-electron chi connectivity index (χ2n) is 4.04. The summed E-state index contributed by atoms with van der Waals surface area (Å²) in [4.78, 5) is 11.5. The SMILES string of the molecule is C=C(C)C[C@H](OC)[C@H](O)C(=O)NC(C)C. The van der Waals surface area contributed by atoms with Crippen molar-refractivity contribution >= 4 is 5.91 Å². The largest absolute Gasteiger partial charge is 0.381 e. The number of carbonyl (C=O) groups is 1. The predicted molar refractivity (Wildman–Crippen MR) is 59.5 cm³/mol. The third-order valence-electron chi connectivity index (χ3n) is 1.90. The van der Waals surface area contributed by atoms with Crippen molar-refractivity contribution in [2.24, 2.45) is 0 Å². The van der Waals surface area contributed by atoms with Gasteiger partial charge in [-0.25, -0.2) is 0 Å². The Hall–Kier alpha value is -0.870. The van der Waals surface area contributed by atoms with Crippen molar-refractivity contribution in [1.29, 1.82) is 0 Å². The smallest absolute Gasteiger partial charge is 0.251 e. The van der Waals surface area contributed by atoms with Crippen LogP contribution in [0.5, 0.6) is 0 Å². The van der Waals surface area contributed by atoms with E-state index in [1.165, 1.54) is 7.11 Å². The van der Waals surface area contributed by atoms with Gasteiger partial charge in [0.25, 0.3) is 5.91 Å². The number of hydrogen-bond acceptors (Lipinski definition) is 3. The van der Waals surface area contributed by atoms with E-state index < -0.39 is 18.1 Å². The lowest BCUT2D eigenvalue weighted by Crippen LogP contribution is -2.45. The Balaban J connectivity index is 4.30. The first-order valence-electron chi connectivity index (χ1n) is 5.04. The molecule has 0 radical (unpaired) electrons. The quantitative estimate of drug-likeness (QED) is 0.646. The summed E-state index contributed by atoms with van der Waals surface area (Å²) in [6.07, 6.45) is -1.20. The van der Waals surface area contributed by atoms with Crippen LogP contribution in [0.3, 0.4) is 0 Å². The normalized spacial score (nSPS) is 14.8. The molecule has 0 fully saturated rings. The number of aliphatic hydroxyl groups is 1. The van der Waals surface area contributed by atoms with Crippen molar-refractivity contribution in [2.75, 3.05) is 7.11 Å². The standard InChI is InChI=1S/C11H21NO3/c1-7(2)6-9(15-5)10(13)11(14)12-8(3)4/h8-10,13H,1,6H2,2-5H3,(H,12,14)/t9-,10-/m0/s1. The van der Waals surface area contributed by atoms with Crippen LogP contribution in [0.4, 0.5) is 0 Å². The van der Waals surface area contributed by atoms with Crippen LogP contribution in [0.1, 0.15) is 27.2 Å². The van der Waals surface area contributed by atoms with Crippen LogP contribution in [-0.4, -0.2) is 36.4 Å². The van der Waals surface area contributed by atoms with Crippen molar-refractivity contribution in [1.82, 2.24) is 5.32 Å². The summed E-state index contributed by atoms with van der Waals surface area (Å²) in [5, 5.41) is 12.3. The third-order valence-corrected chi connectivity index (χ3v) is 1.90. The summed E-state index contributed by atoms with van der Waals surface area (Å²) >= 11 is 0. The molecule has 0 spiro atoms. The van der Waals surface area contributed by atoms with E-state index in [1.807, 2.05) is 20.8 Å². The van der Waals surface area contributed by atoms with Gasteiger partial charge in [-0.3, -0.25) is 4.79 Å². The molecule has 0 saturated heterocycles. The zero-order valence-corrected chi connectivity index (χ0v) is 9.91. The van der Waals surface area contributed by atoms with Crippen LogP contribution < -0.4 is 5.32 Å². The first-order valence-corrected chi connectivity index (χ1v) is 5.04. The Morgan fingerprint density at radius 1 is 1.53 bits per heavy atom. The number of carbonyl (C=O) groups excluding carboxylic acids is 1. The molecule has 4 nitrogen and oxygen atoms in total. The molecule has 15 heavy (non-hydrogen) atoms. The van der Waals surface area contributed by atoms with E-state index in [1.54, 1.807) is 0 Å². The van der Waals surface area contributed by atoms with Crippen LogP contribution >= 0.6 is 0 Å². The number of ether oxygens (including phenoxy) is 1. The Bertz CT molecular complexity index is 226. The molecule has 0 aromatic carbocycles. The second kappa shape index (κ2) is 6.58. The first-order chi connectivity index (χ1) is 6.88. The summed E-state index contributed by atoms with van der Waals surface area (Å²) in [7, 11) is 1.47. The predicted octanol–water partition coefficient (Wildman–Crippen LogP) is 0.853. The molecule has 0 aromatic rings. The zero-order valence-electron chi connectivity index (χ0n) is 9.91. The number of hydrogen-bond donors (Lipinski definition) is 2. The summed E-state index contributed by atoms with van der Waals surface area (Å²) in [6.45, 7) is 9.23. The average Bonchev–Trinajstić information content (AvgIpc) is 2.11. The molecular formula is C11H21NO3. The maximum atomic E-state index is 11.5. The molecule has 0 aliphatic carbocycles. The van der Waals surface area contributed by atoms with Crippen LogP contribution in [-0.2, 0) is 9.53 Å². The number of amides is 1. The second-order valence-corrected chi connectivity index (χ2v) is 4.04. The van der Waals surface area contributed by atoms with Crippen molar-refractivity contribution in [3.05, 3.63) is 12.2 Å². The summed E-state index contributed by atoms with van der Waals surface area (Å²) in [5.41, 5.74) is 0.873. The number of rotatable bonds is 6. The zero-order chi connectivity index (χ0) is 12.0. The minimum absolute atomic E-state index is 0.00878. The highest BCUT2D eigenvalue weighted by atomic mass is 16.5. The Labute approximate surface area is 91.3 Å². The minimum Gasteiger partial charge on any atom is -0.381 e. The minimum atomic E-state index is -1.14. The van der Waals surface area contributed by atoms with E-state index in [4.69, 9.17) is 4.74 Å². The van der Waals surface area contributed by atoms with Crippen molar-refractivity contribution in [3.8, 4) is 0 Å². The van der Waals surface area contributed by atoms with E-state index in [0.29, 0.717) is 6.42 Å². The molecule has 0 aliphatic rings. The lowest BCUT2D eigenvalue weighted by molar-refractivity contribution is -0.137. The number of nitrogens with one attached hydrogen (secondary N) is 1. The van der Waals surface area contributed by atoms with Crippen LogP contribution in [0.15, 0.2) is 12.2 Å². The fourth-order valence-electron chi connectivity index (χ4n) is 1.21. The van der Waals surface area contributed by atoms with Crippen LogP contribution in [0, 0.1) is 0 Å². The number of methoxy groups -OCH3 is 1.